The Kier molecular flexibility index (Phi) is 13.8. The largest absolute Gasteiger partial charge is 0.496 e. The zero-order valence-electron chi connectivity index (χ0n) is 30.2. The molecule has 1 aliphatic rings. The number of methoxy groups -OCH3 is 1. The summed E-state index contributed by atoms with van der Waals surface area (Å²) in [5, 5.41) is 7.50. The summed E-state index contributed by atoms with van der Waals surface area (Å²) in [6, 6.07) is 11.5. The average molecular weight is 772 g/mol. The number of pyridine rings is 1. The lowest BCUT2D eigenvalue weighted by molar-refractivity contribution is -0.145. The summed E-state index contributed by atoms with van der Waals surface area (Å²) in [5.41, 5.74) is 2.06. The smallest absolute Gasteiger partial charge is 0.227 e. The molecule has 2 aromatic heterocycles. The maximum absolute atomic E-state index is 14.0. The zero-order valence-corrected chi connectivity index (χ0v) is 32.5. The van der Waals surface area contributed by atoms with Gasteiger partial charge in [0, 0.05) is 54.2 Å². The van der Waals surface area contributed by atoms with E-state index in [2.05, 4.69) is 25.6 Å². The van der Waals surface area contributed by atoms with Gasteiger partial charge in [-0.1, -0.05) is 50.0 Å². The molecule has 1 fully saturated rings. The van der Waals surface area contributed by atoms with Gasteiger partial charge < -0.3 is 25.0 Å². The molecule has 52 heavy (non-hydrogen) atoms. The average Bonchev–Trinajstić information content (AvgIpc) is 3.60. The molecule has 0 saturated carbocycles. The van der Waals surface area contributed by atoms with E-state index in [1.54, 1.807) is 50.4 Å². The first kappa shape index (κ1) is 40.7. The number of nitrogens with zero attached hydrogens (tertiary/aromatic N) is 4. The quantitative estimate of drug-likeness (QED) is 0.133. The summed E-state index contributed by atoms with van der Waals surface area (Å²) in [7, 11) is 3.27. The van der Waals surface area contributed by atoms with Crippen LogP contribution in [0.2, 0.25) is 10.0 Å². The van der Waals surface area contributed by atoms with Gasteiger partial charge in [-0.05, 0) is 62.6 Å². The van der Waals surface area contributed by atoms with E-state index >= 15 is 0 Å². The van der Waals surface area contributed by atoms with Crippen LogP contribution in [0.4, 0.5) is 11.5 Å². The molecule has 0 radical (unpaired) electrons. The minimum absolute atomic E-state index is 0. The predicted octanol–water partition coefficient (Wildman–Crippen LogP) is 7.42. The summed E-state index contributed by atoms with van der Waals surface area (Å²) >= 11 is 13.2. The van der Waals surface area contributed by atoms with E-state index in [4.69, 9.17) is 32.7 Å². The molecule has 278 valence electrons. The van der Waals surface area contributed by atoms with Crippen molar-refractivity contribution >= 4 is 75.5 Å². The van der Waals surface area contributed by atoms with Crippen molar-refractivity contribution in [3.63, 3.8) is 0 Å². The first-order chi connectivity index (χ1) is 24.3. The number of likely N-dealkylation sites (N-methyl/N-ethyl adjacent to an activating group) is 1. The van der Waals surface area contributed by atoms with Crippen LogP contribution in [0.15, 0.2) is 55.0 Å². The van der Waals surface area contributed by atoms with E-state index < -0.39 is 17.4 Å². The van der Waals surface area contributed by atoms with Gasteiger partial charge in [0.2, 0.25) is 5.91 Å². The van der Waals surface area contributed by atoms with Crippen molar-refractivity contribution in [3.05, 3.63) is 76.3 Å². The van der Waals surface area contributed by atoms with Crippen molar-refractivity contribution in [2.24, 2.45) is 11.3 Å². The molecule has 4 aromatic rings. The molecule has 14 heteroatoms. The molecular weight excluding hydrogens is 727 g/mol. The molecule has 3 heterocycles. The van der Waals surface area contributed by atoms with E-state index in [0.29, 0.717) is 68.9 Å². The summed E-state index contributed by atoms with van der Waals surface area (Å²) in [4.78, 5) is 55.8. The van der Waals surface area contributed by atoms with Gasteiger partial charge in [0.25, 0.3) is 0 Å². The molecule has 1 aliphatic heterocycles. The van der Waals surface area contributed by atoms with Crippen molar-refractivity contribution in [2.75, 3.05) is 26.0 Å². The van der Waals surface area contributed by atoms with Crippen LogP contribution in [-0.4, -0.2) is 70.1 Å². The number of halogens is 3. The number of amides is 1. The highest BCUT2D eigenvalue weighted by molar-refractivity contribution is 6.37. The number of ether oxygens (including phenoxy) is 2. The van der Waals surface area contributed by atoms with Gasteiger partial charge >= 0.3 is 0 Å². The third-order valence-corrected chi connectivity index (χ3v) is 9.89. The van der Waals surface area contributed by atoms with Crippen LogP contribution in [-0.2, 0) is 27.4 Å². The minimum atomic E-state index is -0.605. The highest BCUT2D eigenvalue weighted by atomic mass is 35.5. The number of likely N-dealkylation sites (tertiary alicyclic amines) is 1. The molecule has 2 aromatic carbocycles. The fourth-order valence-electron chi connectivity index (χ4n) is 6.27. The van der Waals surface area contributed by atoms with E-state index in [1.165, 1.54) is 6.33 Å². The van der Waals surface area contributed by atoms with E-state index in [1.807, 2.05) is 45.0 Å². The van der Waals surface area contributed by atoms with Gasteiger partial charge in [0.05, 0.1) is 40.4 Å². The van der Waals surface area contributed by atoms with Crippen LogP contribution in [0, 0.1) is 11.3 Å². The first-order valence-electron chi connectivity index (χ1n) is 16.9. The zero-order chi connectivity index (χ0) is 36.9. The standard InChI is InChI=1S/C38H44Cl2N6O5.ClH/c1-22(41-5)32(47)18-27(38(2,3)4)37(49)46-13-9-11-31(46)33(48)15-23-14-26-30(19-34(23)50-6)43-21-44-36(26)45-25-16-28(39)35(29(40)17-25)51-20-24-10-7-8-12-42-24;/h7-8,10,12,14,16-17,19,21-22,27,31,41H,9,11,13,15,18,20H2,1-6H3,(H,43,44,45);1H/t22-,27+,31-;/m0./s1. The number of anilines is 2. The SMILES string of the molecule is CN[C@@H](C)C(=O)C[C@H](C(=O)N1CCC[C@H]1C(=O)Cc1cc2c(Nc3cc(Cl)c(OCc4ccccn4)c(Cl)c3)ncnc2cc1OC)C(C)(C)C.Cl. The van der Waals surface area contributed by atoms with Crippen molar-refractivity contribution in [1.82, 2.24) is 25.2 Å². The normalized spacial score (nSPS) is 15.5. The molecule has 0 bridgehead atoms. The summed E-state index contributed by atoms with van der Waals surface area (Å²) < 4.78 is 11.6. The van der Waals surface area contributed by atoms with E-state index in [0.717, 1.165) is 5.69 Å². The molecule has 0 spiro atoms. The Morgan fingerprint density at radius 1 is 1.06 bits per heavy atom. The lowest BCUT2D eigenvalue weighted by Crippen LogP contribution is -2.48. The molecule has 1 amide bonds. The number of ketones is 2. The third kappa shape index (κ3) is 9.49. The highest BCUT2D eigenvalue weighted by Crippen LogP contribution is 2.39. The van der Waals surface area contributed by atoms with Crippen LogP contribution < -0.4 is 20.1 Å². The number of Topliss-reactive ketones (excluding diaryl/α,β-unsaturated/α-hetero) is 2. The topological polar surface area (TPSA) is 136 Å². The molecule has 1 saturated heterocycles. The van der Waals surface area contributed by atoms with Gasteiger partial charge in [0.15, 0.2) is 11.5 Å². The number of rotatable bonds is 14. The summed E-state index contributed by atoms with van der Waals surface area (Å²) in [6.07, 6.45) is 4.50. The van der Waals surface area contributed by atoms with Crippen LogP contribution in [0.3, 0.4) is 0 Å². The Morgan fingerprint density at radius 2 is 1.79 bits per heavy atom. The monoisotopic (exact) mass is 770 g/mol. The first-order valence-corrected chi connectivity index (χ1v) is 17.7. The Bertz CT molecular complexity index is 1880. The maximum atomic E-state index is 14.0. The molecule has 5 rings (SSSR count). The molecular formula is C38H45Cl3N6O5. The Hall–Kier alpha value is -4.03. The lowest BCUT2D eigenvalue weighted by Gasteiger charge is -2.35. The second-order valence-corrected chi connectivity index (χ2v) is 14.7. The van der Waals surface area contributed by atoms with Crippen molar-refractivity contribution in [1.29, 1.82) is 0 Å². The van der Waals surface area contributed by atoms with Gasteiger partial charge in [0.1, 0.15) is 30.3 Å². The van der Waals surface area contributed by atoms with Gasteiger partial charge in [-0.2, -0.15) is 0 Å². The minimum Gasteiger partial charge on any atom is -0.496 e. The van der Waals surface area contributed by atoms with Crippen LogP contribution >= 0.6 is 35.6 Å². The predicted molar refractivity (Wildman–Crippen MR) is 206 cm³/mol. The van der Waals surface area contributed by atoms with Crippen LogP contribution in [0.5, 0.6) is 11.5 Å². The molecule has 0 unspecified atom stereocenters. The molecule has 3 atom stereocenters. The van der Waals surface area contributed by atoms with Gasteiger partial charge in [-0.15, -0.1) is 12.4 Å². The highest BCUT2D eigenvalue weighted by Gasteiger charge is 2.42. The number of benzene rings is 2. The summed E-state index contributed by atoms with van der Waals surface area (Å²) in [5.74, 6) is 0.444. The van der Waals surface area contributed by atoms with E-state index in [9.17, 15) is 14.4 Å². The number of hydrogen-bond donors (Lipinski definition) is 2. The number of hydrogen-bond acceptors (Lipinski definition) is 10. The Morgan fingerprint density at radius 3 is 2.42 bits per heavy atom. The number of carbonyl (C=O) groups is 3. The van der Waals surface area contributed by atoms with E-state index in [-0.39, 0.29) is 55.4 Å². The van der Waals surface area contributed by atoms with Gasteiger partial charge in [-0.25, -0.2) is 9.97 Å². The Balaban J connectivity index is 0.00000605. The van der Waals surface area contributed by atoms with Crippen molar-refractivity contribution in [3.8, 4) is 11.5 Å². The van der Waals surface area contributed by atoms with Crippen LogP contribution in [0.1, 0.15) is 58.2 Å². The third-order valence-electron chi connectivity index (χ3n) is 9.33. The maximum Gasteiger partial charge on any atom is 0.227 e. The number of carbonyl (C=O) groups excluding carboxylic acids is 3. The second-order valence-electron chi connectivity index (χ2n) is 13.8. The van der Waals surface area contributed by atoms with Crippen molar-refractivity contribution in [2.45, 2.75) is 72.1 Å². The van der Waals surface area contributed by atoms with Crippen LogP contribution in [0.25, 0.3) is 10.9 Å². The molecule has 11 nitrogen and oxygen atoms in total. The fraction of sp³-hybridized carbons (Fsp3) is 0.421. The Labute approximate surface area is 320 Å². The number of nitrogens with one attached hydrogen (secondary N) is 2. The second kappa shape index (κ2) is 17.7. The van der Waals surface area contributed by atoms with Crippen molar-refractivity contribution < 1.29 is 23.9 Å². The lowest BCUT2D eigenvalue weighted by atomic mass is 9.76. The molecule has 0 aliphatic carbocycles. The molecule has 2 N–H and O–H groups in total. The number of aromatic nitrogens is 3. The van der Waals surface area contributed by atoms with Gasteiger partial charge in [-0.3, -0.25) is 19.4 Å². The fourth-order valence-corrected chi connectivity index (χ4v) is 6.86. The summed E-state index contributed by atoms with van der Waals surface area (Å²) in [6.45, 7) is 8.33. The number of fused-ring (bicyclic) bond motifs is 1.